The van der Waals surface area contributed by atoms with Crippen molar-refractivity contribution in [2.75, 3.05) is 0 Å². The van der Waals surface area contributed by atoms with Crippen molar-refractivity contribution in [2.24, 2.45) is 0 Å². The van der Waals surface area contributed by atoms with Crippen LogP contribution in [0.4, 0.5) is 0 Å². The predicted molar refractivity (Wildman–Crippen MR) is 269 cm³/mol. The van der Waals surface area contributed by atoms with Crippen LogP contribution in [0.3, 0.4) is 0 Å². The Labute approximate surface area is 433 Å². The van der Waals surface area contributed by atoms with Crippen LogP contribution >= 0.6 is 0 Å². The van der Waals surface area contributed by atoms with Crippen LogP contribution in [0, 0.1) is 39.0 Å². The summed E-state index contributed by atoms with van der Waals surface area (Å²) in [5, 5.41) is 1.43. The van der Waals surface area contributed by atoms with Gasteiger partial charge < -0.3 is 13.9 Å². The number of hydrogen-bond acceptors (Lipinski definition) is 2. The quantitative estimate of drug-likeness (QED) is 0.112. The molecular formula is C61H48N4OPt-2. The summed E-state index contributed by atoms with van der Waals surface area (Å²) in [6, 6.07) is 32.7. The van der Waals surface area contributed by atoms with E-state index in [2.05, 4.69) is 23.4 Å². The second-order valence-electron chi connectivity index (χ2n) is 16.7. The van der Waals surface area contributed by atoms with Crippen molar-refractivity contribution in [1.82, 2.24) is 14.1 Å². The monoisotopic (exact) mass is 1070 g/mol. The van der Waals surface area contributed by atoms with E-state index in [-0.39, 0.29) is 88.5 Å². The van der Waals surface area contributed by atoms with Gasteiger partial charge in [-0.15, -0.1) is 29.7 Å². The first-order chi connectivity index (χ1) is 39.9. The number of aromatic nitrogens is 4. The van der Waals surface area contributed by atoms with Gasteiger partial charge in [0.1, 0.15) is 5.82 Å². The summed E-state index contributed by atoms with van der Waals surface area (Å²) < 4.78 is 174. The van der Waals surface area contributed by atoms with Crippen LogP contribution in [0.2, 0.25) is 0 Å². The van der Waals surface area contributed by atoms with Gasteiger partial charge in [-0.05, 0) is 105 Å². The van der Waals surface area contributed by atoms with Crippen LogP contribution in [0.5, 0.6) is 11.5 Å². The van der Waals surface area contributed by atoms with Crippen LogP contribution in [0.1, 0.15) is 69.1 Å². The summed E-state index contributed by atoms with van der Waals surface area (Å²) in [6.45, 7) is -2.42. The molecule has 0 fully saturated rings. The zero-order chi connectivity index (χ0) is 61.3. The number of ether oxygens (including phenoxy) is 1. The van der Waals surface area contributed by atoms with E-state index in [1.165, 1.54) is 30.5 Å². The van der Waals surface area contributed by atoms with Gasteiger partial charge in [-0.25, -0.2) is 4.98 Å². The topological polar surface area (TPSA) is 35.9 Å². The maximum atomic E-state index is 9.11. The van der Waals surface area contributed by atoms with Crippen molar-refractivity contribution in [2.45, 2.75) is 46.7 Å². The molecule has 67 heavy (non-hydrogen) atoms. The smallest absolute Gasteiger partial charge is 0.268 e. The first-order valence-corrected chi connectivity index (χ1v) is 21.0. The normalized spacial score (nSPS) is 16.3. The maximum Gasteiger partial charge on any atom is 0.268 e. The average Bonchev–Trinajstić information content (AvgIpc) is 1.56. The average molecular weight is 1070 g/mol. The number of benzene rings is 8. The van der Waals surface area contributed by atoms with Gasteiger partial charge in [0, 0.05) is 62.2 Å². The molecule has 0 atom stereocenters. The maximum absolute atomic E-state index is 9.11. The minimum atomic E-state index is -2.84. The third-order valence-electron chi connectivity index (χ3n) is 11.5. The standard InChI is InChI=1S/C61H48N4O.Pt/c1-40-18-15-19-41(2)59(40)45-30-33-55-57(35-45)63(39-64(55)60-49(43-20-9-7-10-21-43)27-17-28-53(60)61(4,5)6)46-24-16-25-47(36-46)66-48-31-32-51-50-26-13-14-29-54(50)65(56(51)37-48)58-34-42(3)52(38-62-58)44-22-11-8-12-23-44;/h7-35,38H,1-6H3;/q-2;/i1D3,2D3,3D3,7D,8D,9D,10D,11D,12D,20D,21D,22D,23D;. The Morgan fingerprint density at radius 3 is 2.07 bits per heavy atom. The number of pyridine rings is 1. The second-order valence-corrected chi connectivity index (χ2v) is 16.7. The molecule has 0 amide bonds. The van der Waals surface area contributed by atoms with Crippen LogP contribution in [-0.4, -0.2) is 14.1 Å². The Hall–Kier alpha value is -7.33. The first-order valence-electron chi connectivity index (χ1n) is 30.5. The molecule has 3 aromatic heterocycles. The minimum absolute atomic E-state index is 0. The molecule has 0 saturated heterocycles. The number of para-hydroxylation sites is 2. The Morgan fingerprint density at radius 2 is 1.33 bits per heavy atom. The zero-order valence-corrected chi connectivity index (χ0v) is 38.3. The molecule has 0 aliphatic heterocycles. The van der Waals surface area contributed by atoms with Gasteiger partial charge >= 0.3 is 0 Å². The summed E-state index contributed by atoms with van der Waals surface area (Å²) in [4.78, 5) is 4.67. The fraction of sp³-hybridized carbons (Fsp3) is 0.115. The summed E-state index contributed by atoms with van der Waals surface area (Å²) >= 11 is 0. The van der Waals surface area contributed by atoms with Gasteiger partial charge in [0.2, 0.25) is 0 Å². The molecule has 0 radical (unpaired) electrons. The summed E-state index contributed by atoms with van der Waals surface area (Å²) in [7, 11) is 0. The Bertz CT molecular complexity index is 4500. The Kier molecular flexibility index (Phi) is 6.97. The number of hydrogen-bond donors (Lipinski definition) is 0. The molecule has 0 unspecified atom stereocenters. The number of nitrogens with zero attached hydrogens (tertiary/aromatic N) is 4. The number of fused-ring (bicyclic) bond motifs is 4. The molecule has 11 aromatic rings. The SMILES string of the molecule is [2H]c1c([2H])c([2H])c(-c2cnc(-n3c4[c-]c(Oc5[c-]c(-n6[c-][n+](-c7c(-c8c([2H])c([2H])c([2H])c([2H])c8[2H])cccc7C(C)(C)C)c7ccc(-c8c(C([2H])([2H])[2H])cccc8C([2H])([2H])[2H])cc76)ccc5)ccc4c4ccccc43)cc2C([2H])([2H])[2H])c([2H])c1[2H].[Pt]. The molecule has 330 valence electrons. The molecular weight excluding hydrogens is 1000 g/mol. The van der Waals surface area contributed by atoms with E-state index in [1.807, 2.05) is 45.0 Å². The summed E-state index contributed by atoms with van der Waals surface area (Å²) in [5.41, 5.74) is 1.87. The van der Waals surface area contributed by atoms with E-state index in [9.17, 15) is 0 Å². The van der Waals surface area contributed by atoms with E-state index in [4.69, 9.17) is 30.8 Å². The molecule has 0 spiro atoms. The molecule has 0 bridgehead atoms. The molecule has 3 heterocycles. The van der Waals surface area contributed by atoms with Crippen molar-refractivity contribution < 1.29 is 56.4 Å². The molecule has 6 heteroatoms. The van der Waals surface area contributed by atoms with Gasteiger partial charge in [0.05, 0.1) is 30.4 Å². The van der Waals surface area contributed by atoms with E-state index < -0.39 is 86.4 Å². The van der Waals surface area contributed by atoms with Gasteiger partial charge in [-0.1, -0.05) is 153 Å². The van der Waals surface area contributed by atoms with Crippen LogP contribution in [-0.2, 0) is 26.5 Å². The predicted octanol–water partition coefficient (Wildman–Crippen LogP) is 14.8. The van der Waals surface area contributed by atoms with E-state index in [0.717, 1.165) is 5.39 Å². The Balaban J connectivity index is 0.00000820. The van der Waals surface area contributed by atoms with Crippen molar-refractivity contribution in [3.05, 3.63) is 223 Å². The number of rotatable bonds is 8. The number of aryl methyl sites for hydroxylation is 3. The van der Waals surface area contributed by atoms with Crippen molar-refractivity contribution in [3.8, 4) is 62.1 Å². The van der Waals surface area contributed by atoms with Crippen molar-refractivity contribution in [1.29, 1.82) is 0 Å². The van der Waals surface area contributed by atoms with Gasteiger partial charge in [-0.2, -0.15) is 18.2 Å². The van der Waals surface area contributed by atoms with E-state index >= 15 is 0 Å². The number of imidazole rings is 1. The molecule has 0 aliphatic rings. The van der Waals surface area contributed by atoms with Crippen LogP contribution in [0.25, 0.3) is 83.4 Å². The van der Waals surface area contributed by atoms with Gasteiger partial charge in [0.15, 0.2) is 0 Å². The second kappa shape index (κ2) is 17.5. The fourth-order valence-electron chi connectivity index (χ4n) is 8.52. The largest absolute Gasteiger partial charge is 0.510 e. The minimum Gasteiger partial charge on any atom is -0.510 e. The molecule has 8 aromatic carbocycles. The van der Waals surface area contributed by atoms with E-state index in [0.29, 0.717) is 44.4 Å². The summed E-state index contributed by atoms with van der Waals surface area (Å²) in [6.07, 6.45) is 4.65. The molecule has 0 aliphatic carbocycles. The molecule has 11 rings (SSSR count). The van der Waals surface area contributed by atoms with Crippen molar-refractivity contribution >= 4 is 32.8 Å². The third kappa shape index (κ3) is 7.88. The molecule has 5 nitrogen and oxygen atoms in total. The fourth-order valence-corrected chi connectivity index (χ4v) is 8.52. The van der Waals surface area contributed by atoms with Crippen molar-refractivity contribution in [3.63, 3.8) is 0 Å². The zero-order valence-electron chi connectivity index (χ0n) is 55.1. The molecule has 0 N–H and O–H groups in total. The molecule has 0 saturated carbocycles. The van der Waals surface area contributed by atoms with E-state index in [1.54, 1.807) is 80.4 Å². The summed E-state index contributed by atoms with van der Waals surface area (Å²) in [5.74, 6) is 0.455. The van der Waals surface area contributed by atoms with Gasteiger partial charge in [0.25, 0.3) is 6.33 Å². The third-order valence-corrected chi connectivity index (χ3v) is 11.5. The van der Waals surface area contributed by atoms with Crippen LogP contribution < -0.4 is 9.30 Å². The first kappa shape index (κ1) is 26.7. The van der Waals surface area contributed by atoms with Gasteiger partial charge in [-0.3, -0.25) is 4.57 Å². The Morgan fingerprint density at radius 1 is 0.627 bits per heavy atom. The van der Waals surface area contributed by atoms with Crippen LogP contribution in [0.15, 0.2) is 182 Å².